The average Bonchev–Trinajstić information content (AvgIpc) is 2.54. The lowest BCUT2D eigenvalue weighted by Crippen LogP contribution is -2.35. The van der Waals surface area contributed by atoms with Gasteiger partial charge in [0.25, 0.3) is 5.91 Å². The Morgan fingerprint density at radius 3 is 2.39 bits per heavy atom. The molecule has 2 rings (SSSR count). The van der Waals surface area contributed by atoms with E-state index in [1.165, 1.54) is 6.20 Å². The van der Waals surface area contributed by atoms with Gasteiger partial charge in [-0.25, -0.2) is 0 Å². The highest BCUT2D eigenvalue weighted by Crippen LogP contribution is 2.09. The van der Waals surface area contributed by atoms with Gasteiger partial charge in [-0.1, -0.05) is 23.7 Å². The number of carbonyl (C=O) groups excluding carboxylic acids is 2. The molecule has 1 aromatic heterocycles. The number of pyridine rings is 1. The first-order chi connectivity index (χ1) is 11.0. The summed E-state index contributed by atoms with van der Waals surface area (Å²) in [5, 5.41) is 6.13. The van der Waals surface area contributed by atoms with Crippen LogP contribution in [0.2, 0.25) is 5.02 Å². The van der Waals surface area contributed by atoms with E-state index in [2.05, 4.69) is 15.6 Å². The summed E-state index contributed by atoms with van der Waals surface area (Å²) in [6.45, 7) is 2.59. The molecular weight excluding hydrogens is 314 g/mol. The predicted octanol–water partition coefficient (Wildman–Crippen LogP) is 2.13. The molecule has 0 aliphatic rings. The number of nitrogens with zero attached hydrogens (tertiary/aromatic N) is 1. The Balaban J connectivity index is 1.68. The zero-order valence-corrected chi connectivity index (χ0v) is 13.6. The molecule has 23 heavy (non-hydrogen) atoms. The van der Waals surface area contributed by atoms with Crippen molar-refractivity contribution in [3.8, 4) is 0 Å². The van der Waals surface area contributed by atoms with Gasteiger partial charge < -0.3 is 10.6 Å². The van der Waals surface area contributed by atoms with Crippen LogP contribution in [0.15, 0.2) is 42.6 Å². The Morgan fingerprint density at radius 1 is 1.04 bits per heavy atom. The van der Waals surface area contributed by atoms with E-state index in [0.29, 0.717) is 23.7 Å². The van der Waals surface area contributed by atoms with Crippen LogP contribution in [-0.4, -0.2) is 29.9 Å². The monoisotopic (exact) mass is 331 g/mol. The number of nitrogens with one attached hydrogen (secondary N) is 2. The third kappa shape index (κ3) is 5.71. The molecule has 0 fully saturated rings. The lowest BCUT2D eigenvalue weighted by Gasteiger charge is -2.07. The second kappa shape index (κ2) is 8.29. The van der Waals surface area contributed by atoms with Crippen LogP contribution in [0.25, 0.3) is 0 Å². The van der Waals surface area contributed by atoms with Gasteiger partial charge in [-0.2, -0.15) is 0 Å². The molecule has 0 aliphatic heterocycles. The topological polar surface area (TPSA) is 71.1 Å². The summed E-state index contributed by atoms with van der Waals surface area (Å²) in [4.78, 5) is 27.7. The summed E-state index contributed by atoms with van der Waals surface area (Å²) >= 11 is 5.79. The quantitative estimate of drug-likeness (QED) is 0.797. The number of aryl methyl sites for hydroxylation is 1. The van der Waals surface area contributed by atoms with Gasteiger partial charge in [-0.15, -0.1) is 0 Å². The fourth-order valence-corrected chi connectivity index (χ4v) is 2.06. The van der Waals surface area contributed by atoms with Crippen molar-refractivity contribution in [1.29, 1.82) is 0 Å². The molecule has 1 aromatic carbocycles. The maximum absolute atomic E-state index is 11.8. The van der Waals surface area contributed by atoms with E-state index < -0.39 is 0 Å². The second-order valence-electron chi connectivity index (χ2n) is 5.10. The third-order valence-corrected chi connectivity index (χ3v) is 3.44. The molecule has 120 valence electrons. The minimum absolute atomic E-state index is 0.0985. The standard InChI is InChI=1S/C17H18ClN3O2/c1-12-2-5-14(11-21-12)17(23)20-9-8-19-16(22)10-13-3-6-15(18)7-4-13/h2-7,11H,8-10H2,1H3,(H,19,22)(H,20,23). The maximum Gasteiger partial charge on any atom is 0.252 e. The van der Waals surface area contributed by atoms with Gasteiger partial charge in [0.2, 0.25) is 5.91 Å². The summed E-state index contributed by atoms with van der Waals surface area (Å²) in [5.41, 5.74) is 2.25. The van der Waals surface area contributed by atoms with Crippen molar-refractivity contribution >= 4 is 23.4 Å². The van der Waals surface area contributed by atoms with E-state index in [0.717, 1.165) is 11.3 Å². The van der Waals surface area contributed by atoms with E-state index in [1.807, 2.05) is 19.1 Å². The first-order valence-electron chi connectivity index (χ1n) is 7.26. The zero-order chi connectivity index (χ0) is 16.7. The van der Waals surface area contributed by atoms with Crippen LogP contribution >= 0.6 is 11.6 Å². The van der Waals surface area contributed by atoms with Gasteiger partial charge >= 0.3 is 0 Å². The lowest BCUT2D eigenvalue weighted by molar-refractivity contribution is -0.120. The number of amides is 2. The molecule has 0 aliphatic carbocycles. The molecule has 0 saturated carbocycles. The molecule has 1 heterocycles. The second-order valence-corrected chi connectivity index (χ2v) is 5.53. The minimum Gasteiger partial charge on any atom is -0.354 e. The smallest absolute Gasteiger partial charge is 0.252 e. The molecule has 0 spiro atoms. The van der Waals surface area contributed by atoms with Gasteiger partial charge in [0.05, 0.1) is 12.0 Å². The van der Waals surface area contributed by atoms with Crippen LogP contribution in [0.3, 0.4) is 0 Å². The summed E-state index contributed by atoms with van der Waals surface area (Å²) < 4.78 is 0. The lowest BCUT2D eigenvalue weighted by atomic mass is 10.1. The van der Waals surface area contributed by atoms with Crippen molar-refractivity contribution in [3.63, 3.8) is 0 Å². The van der Waals surface area contributed by atoms with Crippen LogP contribution in [-0.2, 0) is 11.2 Å². The Kier molecular flexibility index (Phi) is 6.11. The van der Waals surface area contributed by atoms with Crippen molar-refractivity contribution in [2.75, 3.05) is 13.1 Å². The summed E-state index contributed by atoms with van der Waals surface area (Å²) in [6, 6.07) is 10.6. The van der Waals surface area contributed by atoms with Crippen molar-refractivity contribution in [3.05, 3.63) is 64.4 Å². The highest BCUT2D eigenvalue weighted by atomic mass is 35.5. The number of hydrogen-bond acceptors (Lipinski definition) is 3. The zero-order valence-electron chi connectivity index (χ0n) is 12.8. The van der Waals surface area contributed by atoms with E-state index in [1.54, 1.807) is 24.3 Å². The number of aromatic nitrogens is 1. The van der Waals surface area contributed by atoms with Crippen molar-refractivity contribution in [2.24, 2.45) is 0 Å². The number of hydrogen-bond donors (Lipinski definition) is 2. The summed E-state index contributed by atoms with van der Waals surface area (Å²) in [5.74, 6) is -0.303. The largest absolute Gasteiger partial charge is 0.354 e. The Labute approximate surface area is 140 Å². The molecule has 2 amide bonds. The van der Waals surface area contributed by atoms with Gasteiger partial charge in [-0.05, 0) is 36.8 Å². The number of carbonyl (C=O) groups is 2. The Hall–Kier alpha value is -2.40. The first kappa shape index (κ1) is 17.0. The molecule has 0 radical (unpaired) electrons. The highest BCUT2D eigenvalue weighted by Gasteiger charge is 2.06. The van der Waals surface area contributed by atoms with E-state index in [-0.39, 0.29) is 18.2 Å². The third-order valence-electron chi connectivity index (χ3n) is 3.18. The Morgan fingerprint density at radius 2 is 1.74 bits per heavy atom. The van der Waals surface area contributed by atoms with Gasteiger partial charge in [0.1, 0.15) is 0 Å². The molecular formula is C17H18ClN3O2. The number of benzene rings is 1. The Bertz CT molecular complexity index is 669. The molecule has 2 aromatic rings. The van der Waals surface area contributed by atoms with Crippen LogP contribution < -0.4 is 10.6 Å². The average molecular weight is 332 g/mol. The molecule has 0 unspecified atom stereocenters. The van der Waals surface area contributed by atoms with E-state index in [4.69, 9.17) is 11.6 Å². The SMILES string of the molecule is Cc1ccc(C(=O)NCCNC(=O)Cc2ccc(Cl)cc2)cn1. The van der Waals surface area contributed by atoms with Gasteiger partial charge in [0, 0.05) is 30.0 Å². The molecule has 6 heteroatoms. The minimum atomic E-state index is -0.204. The number of rotatable bonds is 6. The fraction of sp³-hybridized carbons (Fsp3) is 0.235. The first-order valence-corrected chi connectivity index (χ1v) is 7.64. The van der Waals surface area contributed by atoms with E-state index in [9.17, 15) is 9.59 Å². The normalized spacial score (nSPS) is 10.2. The van der Waals surface area contributed by atoms with Crippen LogP contribution in [0.5, 0.6) is 0 Å². The van der Waals surface area contributed by atoms with Gasteiger partial charge in [0.15, 0.2) is 0 Å². The van der Waals surface area contributed by atoms with Crippen LogP contribution in [0, 0.1) is 6.92 Å². The molecule has 0 saturated heterocycles. The highest BCUT2D eigenvalue weighted by molar-refractivity contribution is 6.30. The van der Waals surface area contributed by atoms with Gasteiger partial charge in [-0.3, -0.25) is 14.6 Å². The van der Waals surface area contributed by atoms with Crippen molar-refractivity contribution < 1.29 is 9.59 Å². The molecule has 0 bridgehead atoms. The van der Waals surface area contributed by atoms with E-state index >= 15 is 0 Å². The molecule has 5 nitrogen and oxygen atoms in total. The molecule has 2 N–H and O–H groups in total. The van der Waals surface area contributed by atoms with Crippen molar-refractivity contribution in [2.45, 2.75) is 13.3 Å². The summed E-state index contributed by atoms with van der Waals surface area (Å²) in [6.07, 6.45) is 1.82. The van der Waals surface area contributed by atoms with Crippen LogP contribution in [0.4, 0.5) is 0 Å². The van der Waals surface area contributed by atoms with Crippen molar-refractivity contribution in [1.82, 2.24) is 15.6 Å². The van der Waals surface area contributed by atoms with Crippen LogP contribution in [0.1, 0.15) is 21.6 Å². The fourth-order valence-electron chi connectivity index (χ4n) is 1.93. The maximum atomic E-state index is 11.8. The molecule has 0 atom stereocenters. The summed E-state index contributed by atoms with van der Waals surface area (Å²) in [7, 11) is 0. The number of halogens is 1. The predicted molar refractivity (Wildman–Crippen MR) is 89.5 cm³/mol.